The van der Waals surface area contributed by atoms with Crippen LogP contribution in [0.15, 0.2) is 6.20 Å². The molecule has 2 N–H and O–H groups in total. The number of hydrogen-bond donors (Lipinski definition) is 2. The van der Waals surface area contributed by atoms with E-state index in [0.29, 0.717) is 0 Å². The highest BCUT2D eigenvalue weighted by atomic mass is 32.2. The zero-order valence-corrected chi connectivity index (χ0v) is 11.9. The van der Waals surface area contributed by atoms with Crippen LogP contribution in [-0.2, 0) is 25.6 Å². The third-order valence-corrected chi connectivity index (χ3v) is 3.54. The number of carbonyl (C=O) groups is 2. The SMILES string of the molecule is CCOC(=O)CN(c1cnc(NC(C)=O)s1)S(=O)O. The van der Waals surface area contributed by atoms with Crippen molar-refractivity contribution < 1.29 is 23.1 Å². The molecule has 10 heteroatoms. The van der Waals surface area contributed by atoms with Gasteiger partial charge >= 0.3 is 5.97 Å². The van der Waals surface area contributed by atoms with Gasteiger partial charge in [-0.25, -0.2) is 13.5 Å². The molecule has 8 nitrogen and oxygen atoms in total. The van der Waals surface area contributed by atoms with E-state index in [-0.39, 0.29) is 29.2 Å². The number of ether oxygens (including phenoxy) is 1. The lowest BCUT2D eigenvalue weighted by Crippen LogP contribution is -2.31. The molecule has 1 amide bonds. The molecule has 0 bridgehead atoms. The van der Waals surface area contributed by atoms with Crippen molar-refractivity contribution in [2.45, 2.75) is 13.8 Å². The highest BCUT2D eigenvalue weighted by molar-refractivity contribution is 7.81. The number of anilines is 2. The van der Waals surface area contributed by atoms with Gasteiger partial charge in [0.15, 0.2) is 5.13 Å². The number of hydrogen-bond acceptors (Lipinski definition) is 6. The van der Waals surface area contributed by atoms with Crippen molar-refractivity contribution in [1.82, 2.24) is 4.98 Å². The molecule has 0 aliphatic rings. The van der Waals surface area contributed by atoms with Crippen LogP contribution in [0.5, 0.6) is 0 Å². The van der Waals surface area contributed by atoms with Gasteiger partial charge in [-0.1, -0.05) is 11.3 Å². The summed E-state index contributed by atoms with van der Waals surface area (Å²) in [5.74, 6) is -0.928. The van der Waals surface area contributed by atoms with Crippen LogP contribution < -0.4 is 9.62 Å². The fraction of sp³-hybridized carbons (Fsp3) is 0.444. The molecular weight excluding hydrogens is 294 g/mol. The summed E-state index contributed by atoms with van der Waals surface area (Å²) in [5, 5.41) is 3.00. The average Bonchev–Trinajstić information content (AvgIpc) is 2.73. The molecule has 106 valence electrons. The van der Waals surface area contributed by atoms with Crippen molar-refractivity contribution >= 4 is 44.6 Å². The minimum absolute atomic E-state index is 0.185. The van der Waals surface area contributed by atoms with Crippen LogP contribution in [0.2, 0.25) is 0 Å². The van der Waals surface area contributed by atoms with Gasteiger partial charge in [-0.05, 0) is 6.92 Å². The van der Waals surface area contributed by atoms with Gasteiger partial charge in [0.05, 0.1) is 12.8 Å². The Morgan fingerprint density at radius 1 is 1.63 bits per heavy atom. The molecule has 1 atom stereocenters. The first kappa shape index (κ1) is 15.5. The third kappa shape index (κ3) is 4.93. The van der Waals surface area contributed by atoms with Crippen LogP contribution in [0.1, 0.15) is 13.8 Å². The second kappa shape index (κ2) is 7.16. The molecule has 0 fully saturated rings. The predicted octanol–water partition coefficient (Wildman–Crippen LogP) is 0.608. The van der Waals surface area contributed by atoms with Crippen molar-refractivity contribution in [1.29, 1.82) is 0 Å². The lowest BCUT2D eigenvalue weighted by molar-refractivity contribution is -0.141. The van der Waals surface area contributed by atoms with E-state index in [0.717, 1.165) is 15.6 Å². The van der Waals surface area contributed by atoms with E-state index >= 15 is 0 Å². The van der Waals surface area contributed by atoms with Crippen LogP contribution in [0.4, 0.5) is 10.1 Å². The fourth-order valence-corrected chi connectivity index (χ4v) is 2.61. The van der Waals surface area contributed by atoms with E-state index in [9.17, 15) is 13.8 Å². The first-order chi connectivity index (χ1) is 8.93. The summed E-state index contributed by atoms with van der Waals surface area (Å²) in [6.07, 6.45) is 1.29. The highest BCUT2D eigenvalue weighted by Crippen LogP contribution is 2.27. The van der Waals surface area contributed by atoms with E-state index in [4.69, 9.17) is 9.29 Å². The monoisotopic (exact) mass is 307 g/mol. The molecular formula is C9H13N3O5S2. The molecule has 1 unspecified atom stereocenters. The van der Waals surface area contributed by atoms with Gasteiger partial charge in [-0.15, -0.1) is 0 Å². The Hall–Kier alpha value is -1.52. The van der Waals surface area contributed by atoms with Crippen molar-refractivity contribution in [2.24, 2.45) is 0 Å². The second-order valence-corrected chi connectivity index (χ2v) is 5.17. The number of thiazole rings is 1. The average molecular weight is 307 g/mol. The number of nitrogens with one attached hydrogen (secondary N) is 1. The molecule has 0 aliphatic heterocycles. The van der Waals surface area contributed by atoms with Crippen molar-refractivity contribution in [3.8, 4) is 0 Å². The molecule has 0 saturated carbocycles. The Morgan fingerprint density at radius 3 is 2.84 bits per heavy atom. The summed E-state index contributed by atoms with van der Waals surface area (Å²) in [7, 11) is 0. The van der Waals surface area contributed by atoms with E-state index in [1.54, 1.807) is 6.92 Å². The molecule has 0 aliphatic carbocycles. The number of esters is 1. The van der Waals surface area contributed by atoms with Gasteiger partial charge in [0.1, 0.15) is 11.5 Å². The number of aromatic nitrogens is 1. The Morgan fingerprint density at radius 2 is 2.32 bits per heavy atom. The third-order valence-electron chi connectivity index (χ3n) is 1.79. The normalized spacial score (nSPS) is 11.7. The largest absolute Gasteiger partial charge is 0.465 e. The quantitative estimate of drug-likeness (QED) is 0.588. The molecule has 1 heterocycles. The minimum atomic E-state index is -2.39. The van der Waals surface area contributed by atoms with E-state index in [1.165, 1.54) is 13.1 Å². The van der Waals surface area contributed by atoms with Crippen LogP contribution in [0.25, 0.3) is 0 Å². The van der Waals surface area contributed by atoms with Crippen LogP contribution in [-0.4, -0.2) is 38.8 Å². The molecule has 19 heavy (non-hydrogen) atoms. The molecule has 0 radical (unpaired) electrons. The number of nitrogens with zero attached hydrogens (tertiary/aromatic N) is 2. The molecule has 0 aromatic carbocycles. The zero-order valence-electron chi connectivity index (χ0n) is 10.3. The van der Waals surface area contributed by atoms with Crippen molar-refractivity contribution in [3.63, 3.8) is 0 Å². The van der Waals surface area contributed by atoms with Crippen molar-refractivity contribution in [2.75, 3.05) is 22.8 Å². The first-order valence-electron chi connectivity index (χ1n) is 5.21. The Kier molecular flexibility index (Phi) is 5.86. The highest BCUT2D eigenvalue weighted by Gasteiger charge is 2.20. The summed E-state index contributed by atoms with van der Waals surface area (Å²) in [4.78, 5) is 26.0. The van der Waals surface area contributed by atoms with Gasteiger partial charge < -0.3 is 10.1 Å². The maximum Gasteiger partial charge on any atom is 0.326 e. The number of carbonyl (C=O) groups excluding carboxylic acids is 2. The second-order valence-electron chi connectivity index (χ2n) is 3.26. The van der Waals surface area contributed by atoms with Gasteiger partial charge in [-0.3, -0.25) is 14.1 Å². The van der Waals surface area contributed by atoms with Gasteiger partial charge in [0, 0.05) is 6.92 Å². The Balaban J connectivity index is 2.81. The van der Waals surface area contributed by atoms with Crippen LogP contribution in [0.3, 0.4) is 0 Å². The molecule has 1 aromatic rings. The molecule has 1 rings (SSSR count). The zero-order chi connectivity index (χ0) is 14.4. The Labute approximate surface area is 116 Å². The summed E-state index contributed by atoms with van der Waals surface area (Å²) in [5.41, 5.74) is 0. The van der Waals surface area contributed by atoms with Gasteiger partial charge in [0.2, 0.25) is 5.91 Å². The first-order valence-corrected chi connectivity index (χ1v) is 7.09. The van der Waals surface area contributed by atoms with E-state index < -0.39 is 17.2 Å². The maximum atomic E-state index is 11.3. The topological polar surface area (TPSA) is 109 Å². The standard InChI is InChI=1S/C9H13N3O5S2/c1-3-17-8(14)5-12(19(15)16)7-4-10-9(18-7)11-6(2)13/h4H,3,5H2,1-2H3,(H,15,16)(H,10,11,13). The smallest absolute Gasteiger partial charge is 0.326 e. The number of amides is 1. The lowest BCUT2D eigenvalue weighted by atomic mass is 10.6. The minimum Gasteiger partial charge on any atom is -0.465 e. The van der Waals surface area contributed by atoms with E-state index in [1.807, 2.05) is 0 Å². The summed E-state index contributed by atoms with van der Waals surface area (Å²) in [6.45, 7) is 2.77. The summed E-state index contributed by atoms with van der Waals surface area (Å²) >= 11 is -1.41. The number of rotatable bonds is 6. The summed E-state index contributed by atoms with van der Waals surface area (Å²) < 4.78 is 26.0. The summed E-state index contributed by atoms with van der Waals surface area (Å²) in [6, 6.07) is 0. The van der Waals surface area contributed by atoms with E-state index in [2.05, 4.69) is 10.3 Å². The Bertz CT molecular complexity index is 490. The molecule has 0 spiro atoms. The van der Waals surface area contributed by atoms with Gasteiger partial charge in [0.25, 0.3) is 11.3 Å². The predicted molar refractivity (Wildman–Crippen MR) is 71.2 cm³/mol. The molecule has 1 aromatic heterocycles. The fourth-order valence-electron chi connectivity index (χ4n) is 1.12. The lowest BCUT2D eigenvalue weighted by Gasteiger charge is -2.15. The van der Waals surface area contributed by atoms with Gasteiger partial charge in [-0.2, -0.15) is 0 Å². The van der Waals surface area contributed by atoms with Crippen LogP contribution >= 0.6 is 11.3 Å². The molecule has 0 saturated heterocycles. The van der Waals surface area contributed by atoms with Crippen LogP contribution in [0, 0.1) is 0 Å². The van der Waals surface area contributed by atoms with Crippen molar-refractivity contribution in [3.05, 3.63) is 6.20 Å². The maximum absolute atomic E-state index is 11.3.